The highest BCUT2D eigenvalue weighted by molar-refractivity contribution is 7.18. The maximum Gasteiger partial charge on any atom is 0.242 e. The van der Waals surface area contributed by atoms with E-state index in [1.165, 1.54) is 4.88 Å². The topological polar surface area (TPSA) is 105 Å². The van der Waals surface area contributed by atoms with Gasteiger partial charge < -0.3 is 10.6 Å². The molecule has 112 valence electrons. The van der Waals surface area contributed by atoms with E-state index < -0.39 is 0 Å². The summed E-state index contributed by atoms with van der Waals surface area (Å²) in [6.45, 7) is 2.84. The molecule has 21 heavy (non-hydrogen) atoms. The zero-order valence-electron chi connectivity index (χ0n) is 11.8. The van der Waals surface area contributed by atoms with Gasteiger partial charge in [0.2, 0.25) is 11.9 Å². The Balaban J connectivity index is 1.98. The lowest BCUT2D eigenvalue weighted by molar-refractivity contribution is -0.123. The molecule has 1 amide bonds. The van der Waals surface area contributed by atoms with Crippen molar-refractivity contribution >= 4 is 39.2 Å². The second-order valence-electron chi connectivity index (χ2n) is 4.96. The van der Waals surface area contributed by atoms with Gasteiger partial charge in [0.05, 0.1) is 5.39 Å². The summed E-state index contributed by atoms with van der Waals surface area (Å²) in [5, 5.41) is 7.04. The van der Waals surface area contributed by atoms with Crippen LogP contribution in [0.1, 0.15) is 24.6 Å². The first-order valence-electron chi connectivity index (χ1n) is 7.02. The summed E-state index contributed by atoms with van der Waals surface area (Å²) < 4.78 is 0. The average Bonchev–Trinajstić information content (AvgIpc) is 2.92. The third-order valence-corrected chi connectivity index (χ3v) is 4.69. The molecular formula is C13H18N6OS. The molecule has 0 aliphatic carbocycles. The van der Waals surface area contributed by atoms with E-state index in [2.05, 4.69) is 39.0 Å². The third kappa shape index (κ3) is 2.77. The number of hydrogen-bond donors (Lipinski definition) is 4. The van der Waals surface area contributed by atoms with Crippen LogP contribution in [0.3, 0.4) is 0 Å². The molecule has 0 bridgehead atoms. The van der Waals surface area contributed by atoms with E-state index in [1.54, 1.807) is 11.3 Å². The SMILES string of the molecule is CCc1cc2c(NC3CCCNC3=O)nc(NN)nc2s1. The van der Waals surface area contributed by atoms with Gasteiger partial charge in [-0.15, -0.1) is 11.3 Å². The van der Waals surface area contributed by atoms with Crippen LogP contribution in [-0.2, 0) is 11.2 Å². The summed E-state index contributed by atoms with van der Waals surface area (Å²) in [7, 11) is 0. The van der Waals surface area contributed by atoms with Crippen molar-refractivity contribution in [2.75, 3.05) is 17.3 Å². The molecule has 8 heteroatoms. The number of aromatic nitrogens is 2. The number of anilines is 2. The van der Waals surface area contributed by atoms with E-state index in [-0.39, 0.29) is 11.9 Å². The fourth-order valence-electron chi connectivity index (χ4n) is 2.39. The predicted octanol–water partition coefficient (Wildman–Crippen LogP) is 1.23. The number of fused-ring (bicyclic) bond motifs is 1. The van der Waals surface area contributed by atoms with Gasteiger partial charge in [-0.05, 0) is 25.3 Å². The largest absolute Gasteiger partial charge is 0.358 e. The molecule has 1 aliphatic rings. The molecule has 2 aromatic rings. The van der Waals surface area contributed by atoms with Crippen LogP contribution in [0.15, 0.2) is 6.07 Å². The summed E-state index contributed by atoms with van der Waals surface area (Å²) in [5.41, 5.74) is 2.48. The summed E-state index contributed by atoms with van der Waals surface area (Å²) >= 11 is 1.62. The van der Waals surface area contributed by atoms with Crippen LogP contribution in [0, 0.1) is 0 Å². The van der Waals surface area contributed by atoms with E-state index >= 15 is 0 Å². The quantitative estimate of drug-likeness (QED) is 0.500. The maximum atomic E-state index is 11.9. The number of nitrogens with zero attached hydrogens (tertiary/aromatic N) is 2. The smallest absolute Gasteiger partial charge is 0.242 e. The normalized spacial score (nSPS) is 18.6. The standard InChI is InChI=1S/C13H18N6OS/c1-2-7-6-8-10(16-9-4-3-5-15-11(9)20)17-13(19-14)18-12(8)21-7/h6,9H,2-5,14H2,1H3,(H,15,20)(H2,16,17,18,19). The second kappa shape index (κ2) is 5.82. The molecule has 1 saturated heterocycles. The molecular weight excluding hydrogens is 288 g/mol. The van der Waals surface area contributed by atoms with Crippen LogP contribution in [0.4, 0.5) is 11.8 Å². The summed E-state index contributed by atoms with van der Waals surface area (Å²) in [5.74, 6) is 6.46. The number of rotatable bonds is 4. The molecule has 0 saturated carbocycles. The predicted molar refractivity (Wildman–Crippen MR) is 84.3 cm³/mol. The minimum atomic E-state index is -0.257. The number of piperidine rings is 1. The number of carbonyl (C=O) groups is 1. The molecule has 5 N–H and O–H groups in total. The minimum absolute atomic E-state index is 0.0150. The fourth-order valence-corrected chi connectivity index (χ4v) is 3.36. The van der Waals surface area contributed by atoms with E-state index in [0.717, 1.165) is 36.0 Å². The number of hydrogen-bond acceptors (Lipinski definition) is 7. The monoisotopic (exact) mass is 306 g/mol. The van der Waals surface area contributed by atoms with Crippen molar-refractivity contribution < 1.29 is 4.79 Å². The molecule has 1 atom stereocenters. The van der Waals surface area contributed by atoms with Crippen molar-refractivity contribution in [2.24, 2.45) is 5.84 Å². The Bertz CT molecular complexity index is 670. The molecule has 3 heterocycles. The number of nitrogens with one attached hydrogen (secondary N) is 3. The van der Waals surface area contributed by atoms with Gasteiger partial charge in [-0.1, -0.05) is 6.92 Å². The Hall–Kier alpha value is -1.93. The van der Waals surface area contributed by atoms with Gasteiger partial charge in [-0.3, -0.25) is 10.2 Å². The summed E-state index contributed by atoms with van der Waals surface area (Å²) in [6, 6.07) is 1.82. The molecule has 7 nitrogen and oxygen atoms in total. The lowest BCUT2D eigenvalue weighted by Gasteiger charge is -2.23. The Morgan fingerprint density at radius 2 is 2.38 bits per heavy atom. The van der Waals surface area contributed by atoms with E-state index in [9.17, 15) is 4.79 Å². The van der Waals surface area contributed by atoms with Crippen LogP contribution in [0.2, 0.25) is 0 Å². The van der Waals surface area contributed by atoms with Gasteiger partial charge in [0, 0.05) is 11.4 Å². The van der Waals surface area contributed by atoms with Gasteiger partial charge >= 0.3 is 0 Å². The van der Waals surface area contributed by atoms with Crippen LogP contribution in [-0.4, -0.2) is 28.5 Å². The van der Waals surface area contributed by atoms with Gasteiger partial charge in [-0.2, -0.15) is 4.98 Å². The average molecular weight is 306 g/mol. The van der Waals surface area contributed by atoms with Crippen molar-refractivity contribution in [1.29, 1.82) is 0 Å². The Kier molecular flexibility index (Phi) is 3.89. The number of amides is 1. The maximum absolute atomic E-state index is 11.9. The molecule has 0 spiro atoms. The third-order valence-electron chi connectivity index (χ3n) is 3.52. The van der Waals surface area contributed by atoms with E-state index in [0.29, 0.717) is 11.8 Å². The number of carbonyl (C=O) groups excluding carboxylic acids is 1. The molecule has 3 rings (SSSR count). The molecule has 0 radical (unpaired) electrons. The van der Waals surface area contributed by atoms with Crippen molar-refractivity contribution in [3.05, 3.63) is 10.9 Å². The van der Waals surface area contributed by atoms with Crippen molar-refractivity contribution in [2.45, 2.75) is 32.2 Å². The summed E-state index contributed by atoms with van der Waals surface area (Å²) in [6.07, 6.45) is 2.70. The highest BCUT2D eigenvalue weighted by Crippen LogP contribution is 2.31. The minimum Gasteiger partial charge on any atom is -0.358 e. The number of hydrazine groups is 1. The van der Waals surface area contributed by atoms with Crippen LogP contribution in [0.25, 0.3) is 10.2 Å². The lowest BCUT2D eigenvalue weighted by atomic mass is 10.1. The summed E-state index contributed by atoms with van der Waals surface area (Å²) in [4.78, 5) is 22.7. The zero-order chi connectivity index (χ0) is 14.8. The highest BCUT2D eigenvalue weighted by Gasteiger charge is 2.23. The van der Waals surface area contributed by atoms with Gasteiger partial charge in [0.15, 0.2) is 0 Å². The fraction of sp³-hybridized carbons (Fsp3) is 0.462. The van der Waals surface area contributed by atoms with E-state index in [1.807, 2.05) is 0 Å². The van der Waals surface area contributed by atoms with Gasteiger partial charge in [0.25, 0.3) is 0 Å². The number of aryl methyl sites for hydroxylation is 1. The van der Waals surface area contributed by atoms with Crippen LogP contribution in [0.5, 0.6) is 0 Å². The van der Waals surface area contributed by atoms with Crippen LogP contribution < -0.4 is 21.9 Å². The number of nitrogens with two attached hydrogens (primary N) is 1. The molecule has 1 unspecified atom stereocenters. The first-order valence-corrected chi connectivity index (χ1v) is 7.84. The first-order chi connectivity index (χ1) is 10.2. The highest BCUT2D eigenvalue weighted by atomic mass is 32.1. The first kappa shape index (κ1) is 14.0. The zero-order valence-corrected chi connectivity index (χ0v) is 12.6. The Morgan fingerprint density at radius 1 is 1.52 bits per heavy atom. The number of nitrogen functional groups attached to an aromatic ring is 1. The van der Waals surface area contributed by atoms with Crippen LogP contribution >= 0.6 is 11.3 Å². The number of thiophene rings is 1. The lowest BCUT2D eigenvalue weighted by Crippen LogP contribution is -2.44. The van der Waals surface area contributed by atoms with Gasteiger partial charge in [-0.25, -0.2) is 10.8 Å². The Labute approximate surface area is 126 Å². The molecule has 1 fully saturated rings. The second-order valence-corrected chi connectivity index (χ2v) is 6.07. The molecule has 1 aliphatic heterocycles. The molecule has 2 aromatic heterocycles. The Morgan fingerprint density at radius 3 is 3.10 bits per heavy atom. The van der Waals surface area contributed by atoms with Crippen molar-refractivity contribution in [1.82, 2.24) is 15.3 Å². The van der Waals surface area contributed by atoms with Gasteiger partial charge in [0.1, 0.15) is 16.7 Å². The van der Waals surface area contributed by atoms with Crippen molar-refractivity contribution in [3.63, 3.8) is 0 Å². The van der Waals surface area contributed by atoms with Crippen molar-refractivity contribution in [3.8, 4) is 0 Å². The van der Waals surface area contributed by atoms with E-state index in [4.69, 9.17) is 5.84 Å². The molecule has 0 aromatic carbocycles.